The fourth-order valence-corrected chi connectivity index (χ4v) is 2.32. The zero-order chi connectivity index (χ0) is 16.7. The fraction of sp³-hybridized carbons (Fsp3) is 0.500. The highest BCUT2D eigenvalue weighted by Gasteiger charge is 2.26. The maximum atomic E-state index is 12.1. The monoisotopic (exact) mass is 389 g/mol. The normalized spacial score (nSPS) is 10.5. The predicted octanol–water partition coefficient (Wildman–Crippen LogP) is 2.54. The van der Waals surface area contributed by atoms with E-state index in [0.717, 1.165) is 18.4 Å². The highest BCUT2D eigenvalue weighted by atomic mass is 35.5. The number of carbonyl (C=O) groups is 1. The molecule has 7 nitrogen and oxygen atoms in total. The van der Waals surface area contributed by atoms with E-state index >= 15 is 0 Å². The molecule has 0 atom stereocenters. The van der Waals surface area contributed by atoms with E-state index in [0.29, 0.717) is 31.1 Å². The van der Waals surface area contributed by atoms with Crippen molar-refractivity contribution in [2.24, 2.45) is 5.73 Å². The largest absolute Gasteiger partial charge is 0.349 e. The first-order chi connectivity index (χ1) is 11.1. The van der Waals surface area contributed by atoms with Crippen LogP contribution >= 0.6 is 24.8 Å². The number of aryl methyl sites for hydroxylation is 1. The maximum absolute atomic E-state index is 12.1. The molecular formula is C16H25Cl2N5O2. The summed E-state index contributed by atoms with van der Waals surface area (Å²) >= 11 is 0. The van der Waals surface area contributed by atoms with Gasteiger partial charge in [0, 0.05) is 37.3 Å². The van der Waals surface area contributed by atoms with Crippen LogP contribution < -0.4 is 11.1 Å². The third-order valence-corrected chi connectivity index (χ3v) is 4.12. The van der Waals surface area contributed by atoms with E-state index in [1.165, 1.54) is 0 Å². The molecule has 25 heavy (non-hydrogen) atoms. The molecule has 2 heterocycles. The van der Waals surface area contributed by atoms with Crippen molar-refractivity contribution in [2.75, 3.05) is 6.54 Å². The van der Waals surface area contributed by atoms with Crippen LogP contribution in [-0.2, 0) is 11.2 Å². The smallest absolute Gasteiger partial charge is 0.227 e. The first kappa shape index (κ1) is 23.3. The zero-order valence-electron chi connectivity index (χ0n) is 14.4. The van der Waals surface area contributed by atoms with Crippen molar-refractivity contribution < 1.29 is 9.32 Å². The van der Waals surface area contributed by atoms with Crippen LogP contribution in [0.2, 0.25) is 0 Å². The summed E-state index contributed by atoms with van der Waals surface area (Å²) in [5.74, 6) is 0.891. The van der Waals surface area contributed by atoms with Crippen molar-refractivity contribution in [3.05, 3.63) is 30.4 Å². The minimum Gasteiger partial charge on any atom is -0.349 e. The molecule has 140 valence electrons. The van der Waals surface area contributed by atoms with Crippen LogP contribution in [0.25, 0.3) is 11.4 Å². The molecule has 0 unspecified atom stereocenters. The average molecular weight is 390 g/mol. The molecule has 0 saturated heterocycles. The van der Waals surface area contributed by atoms with Gasteiger partial charge in [-0.3, -0.25) is 9.78 Å². The number of pyridine rings is 1. The van der Waals surface area contributed by atoms with E-state index in [1.54, 1.807) is 24.5 Å². The number of amides is 1. The lowest BCUT2D eigenvalue weighted by atomic mass is 9.92. The van der Waals surface area contributed by atoms with Gasteiger partial charge >= 0.3 is 0 Å². The Morgan fingerprint density at radius 3 is 2.44 bits per heavy atom. The van der Waals surface area contributed by atoms with E-state index in [-0.39, 0.29) is 36.3 Å². The number of hydrogen-bond acceptors (Lipinski definition) is 6. The van der Waals surface area contributed by atoms with Gasteiger partial charge in [-0.1, -0.05) is 19.0 Å². The molecule has 0 bridgehead atoms. The third kappa shape index (κ3) is 6.26. The molecule has 0 aliphatic rings. The summed E-state index contributed by atoms with van der Waals surface area (Å²) in [6.07, 6.45) is 5.64. The van der Waals surface area contributed by atoms with Crippen molar-refractivity contribution in [1.82, 2.24) is 20.4 Å². The zero-order valence-corrected chi connectivity index (χ0v) is 16.0. The van der Waals surface area contributed by atoms with E-state index in [2.05, 4.69) is 20.4 Å². The molecule has 1 amide bonds. The van der Waals surface area contributed by atoms with Gasteiger partial charge in [0.1, 0.15) is 0 Å². The van der Waals surface area contributed by atoms with Crippen molar-refractivity contribution in [2.45, 2.75) is 45.1 Å². The number of carbonyl (C=O) groups excluding carboxylic acids is 1. The van der Waals surface area contributed by atoms with E-state index in [9.17, 15) is 4.79 Å². The molecule has 0 aliphatic heterocycles. The standard InChI is InChI=1S/C16H23N5O2.2ClH/c1-3-16(4-2,11-17)20-13(22)5-6-14-19-15(21-23-14)12-7-9-18-10-8-12;;/h7-10H,3-6,11,17H2,1-2H3,(H,20,22);2*1H. The van der Waals surface area contributed by atoms with Crippen molar-refractivity contribution in [3.63, 3.8) is 0 Å². The second-order valence-corrected chi connectivity index (χ2v) is 5.49. The van der Waals surface area contributed by atoms with Crippen LogP contribution in [0.1, 0.15) is 39.0 Å². The lowest BCUT2D eigenvalue weighted by molar-refractivity contribution is -0.123. The van der Waals surface area contributed by atoms with Gasteiger partial charge in [0.2, 0.25) is 17.6 Å². The maximum Gasteiger partial charge on any atom is 0.227 e. The number of hydrogen-bond donors (Lipinski definition) is 2. The van der Waals surface area contributed by atoms with E-state index in [1.807, 2.05) is 13.8 Å². The third-order valence-electron chi connectivity index (χ3n) is 4.12. The van der Waals surface area contributed by atoms with Crippen LogP contribution in [0.15, 0.2) is 29.0 Å². The summed E-state index contributed by atoms with van der Waals surface area (Å²) < 4.78 is 5.19. The summed E-state index contributed by atoms with van der Waals surface area (Å²) in [7, 11) is 0. The van der Waals surface area contributed by atoms with Gasteiger partial charge in [0.15, 0.2) is 0 Å². The average Bonchev–Trinajstić information content (AvgIpc) is 3.08. The number of halogens is 2. The second-order valence-electron chi connectivity index (χ2n) is 5.49. The molecule has 0 saturated carbocycles. The van der Waals surface area contributed by atoms with Crippen molar-refractivity contribution >= 4 is 30.7 Å². The van der Waals surface area contributed by atoms with Crippen molar-refractivity contribution in [1.29, 1.82) is 0 Å². The van der Waals surface area contributed by atoms with Gasteiger partial charge in [-0.05, 0) is 25.0 Å². The fourth-order valence-electron chi connectivity index (χ4n) is 2.32. The number of rotatable bonds is 8. The number of aromatic nitrogens is 3. The molecule has 9 heteroatoms. The van der Waals surface area contributed by atoms with Gasteiger partial charge in [-0.2, -0.15) is 4.98 Å². The van der Waals surface area contributed by atoms with Crippen LogP contribution in [-0.4, -0.2) is 33.1 Å². The number of nitrogens with two attached hydrogens (primary N) is 1. The summed E-state index contributed by atoms with van der Waals surface area (Å²) in [5, 5.41) is 6.95. The van der Waals surface area contributed by atoms with Gasteiger partial charge in [0.25, 0.3) is 0 Å². The Balaban J connectivity index is 0.00000288. The molecule has 2 aromatic rings. The minimum atomic E-state index is -0.325. The molecular weight excluding hydrogens is 365 g/mol. The molecule has 0 aliphatic carbocycles. The molecule has 2 aromatic heterocycles. The van der Waals surface area contributed by atoms with E-state index < -0.39 is 0 Å². The van der Waals surface area contributed by atoms with Gasteiger partial charge in [-0.25, -0.2) is 0 Å². The number of nitrogens with one attached hydrogen (secondary N) is 1. The number of nitrogens with zero attached hydrogens (tertiary/aromatic N) is 3. The van der Waals surface area contributed by atoms with Crippen LogP contribution in [0, 0.1) is 0 Å². The highest BCUT2D eigenvalue weighted by Crippen LogP contribution is 2.16. The Hall–Kier alpha value is -1.70. The molecule has 0 aromatic carbocycles. The lowest BCUT2D eigenvalue weighted by Gasteiger charge is -2.31. The summed E-state index contributed by atoms with van der Waals surface area (Å²) in [6, 6.07) is 3.61. The van der Waals surface area contributed by atoms with E-state index in [4.69, 9.17) is 10.3 Å². The summed E-state index contributed by atoms with van der Waals surface area (Å²) in [5.41, 5.74) is 6.30. The van der Waals surface area contributed by atoms with Gasteiger partial charge in [0.05, 0.1) is 5.54 Å². The quantitative estimate of drug-likeness (QED) is 0.717. The first-order valence-corrected chi connectivity index (χ1v) is 7.86. The van der Waals surface area contributed by atoms with Crippen LogP contribution in [0.3, 0.4) is 0 Å². The molecule has 0 radical (unpaired) electrons. The van der Waals surface area contributed by atoms with Crippen LogP contribution in [0.5, 0.6) is 0 Å². The minimum absolute atomic E-state index is 0. The Labute approximate surface area is 160 Å². The Kier molecular flexibility index (Phi) is 10.3. The van der Waals surface area contributed by atoms with Crippen molar-refractivity contribution in [3.8, 4) is 11.4 Å². The predicted molar refractivity (Wildman–Crippen MR) is 101 cm³/mol. The Morgan fingerprint density at radius 1 is 1.24 bits per heavy atom. The molecule has 0 spiro atoms. The summed E-state index contributed by atoms with van der Waals surface area (Å²) in [6.45, 7) is 4.48. The summed E-state index contributed by atoms with van der Waals surface area (Å²) in [4.78, 5) is 20.4. The SMILES string of the molecule is CCC(CC)(CN)NC(=O)CCc1nc(-c2ccncc2)no1.Cl.Cl. The first-order valence-electron chi connectivity index (χ1n) is 7.86. The van der Waals surface area contributed by atoms with Gasteiger partial charge in [-0.15, -0.1) is 24.8 Å². The molecule has 0 fully saturated rings. The molecule has 2 rings (SSSR count). The highest BCUT2D eigenvalue weighted by molar-refractivity contribution is 5.85. The lowest BCUT2D eigenvalue weighted by Crippen LogP contribution is -2.52. The Bertz CT molecular complexity index is 624. The second kappa shape index (κ2) is 11.0. The van der Waals surface area contributed by atoms with Crippen LogP contribution in [0.4, 0.5) is 0 Å². The van der Waals surface area contributed by atoms with Gasteiger partial charge < -0.3 is 15.6 Å². The Morgan fingerprint density at radius 2 is 1.88 bits per heavy atom. The topological polar surface area (TPSA) is 107 Å². The molecule has 3 N–H and O–H groups in total.